The van der Waals surface area contributed by atoms with Crippen molar-refractivity contribution in [2.75, 3.05) is 52.6 Å². The Morgan fingerprint density at radius 2 is 1.22 bits per heavy atom. The normalized spacial score (nSPS) is 31.5. The number of hydrogen-bond acceptors (Lipinski definition) is 13. The molecule has 51 heavy (non-hydrogen) atoms. The second kappa shape index (κ2) is 16.4. The van der Waals surface area contributed by atoms with Gasteiger partial charge in [-0.25, -0.2) is 0 Å². The number of carbonyl (C=O) groups is 1. The number of hydrogen-bond donors (Lipinski definition) is 9. The van der Waals surface area contributed by atoms with Crippen molar-refractivity contribution in [1.29, 1.82) is 0 Å². The third-order valence-corrected chi connectivity index (χ3v) is 9.52. The van der Waals surface area contributed by atoms with Gasteiger partial charge in [0, 0.05) is 48.1 Å². The second-order valence-corrected chi connectivity index (χ2v) is 12.9. The molecule has 0 spiro atoms. The monoisotopic (exact) mass is 709 g/mol. The van der Waals surface area contributed by atoms with Crippen LogP contribution in [0.2, 0.25) is 0 Å². The maximum Gasteiger partial charge on any atom is 0.240 e. The summed E-state index contributed by atoms with van der Waals surface area (Å²) in [5.74, 6) is 11.2. The summed E-state index contributed by atoms with van der Waals surface area (Å²) in [6.45, 7) is 2.83. The zero-order chi connectivity index (χ0) is 36.2. The Kier molecular flexibility index (Phi) is 11.9. The van der Waals surface area contributed by atoms with Gasteiger partial charge in [0.05, 0.1) is 37.5 Å². The first kappa shape index (κ1) is 37.1. The number of nitrogens with one attached hydrogen (secondary N) is 1. The van der Waals surface area contributed by atoms with E-state index >= 15 is 0 Å². The first-order valence-electron chi connectivity index (χ1n) is 16.9. The minimum absolute atomic E-state index is 0.0453. The number of benzene rings is 2. The fraction of sp³-hybridized carbons (Fsp3) is 0.528. The largest absolute Gasteiger partial charge is 0.394 e. The maximum atomic E-state index is 13.3. The van der Waals surface area contributed by atoms with Gasteiger partial charge in [-0.1, -0.05) is 35.8 Å². The zero-order valence-corrected chi connectivity index (χ0v) is 27.7. The van der Waals surface area contributed by atoms with Gasteiger partial charge in [0.2, 0.25) is 5.91 Å². The highest BCUT2D eigenvalue weighted by Crippen LogP contribution is 2.31. The molecule has 3 saturated heterocycles. The van der Waals surface area contributed by atoms with Crippen molar-refractivity contribution in [3.8, 4) is 23.7 Å². The van der Waals surface area contributed by atoms with Crippen LogP contribution in [0.25, 0.3) is 21.8 Å². The van der Waals surface area contributed by atoms with Crippen LogP contribution in [-0.4, -0.2) is 170 Å². The van der Waals surface area contributed by atoms with Gasteiger partial charge in [-0.15, -0.1) is 0 Å². The molecule has 4 heterocycles. The summed E-state index contributed by atoms with van der Waals surface area (Å²) in [6.07, 6.45) is -13.7. The summed E-state index contributed by atoms with van der Waals surface area (Å²) >= 11 is 0. The van der Waals surface area contributed by atoms with Gasteiger partial charge >= 0.3 is 0 Å². The van der Waals surface area contributed by atoms with E-state index in [1.54, 1.807) is 24.3 Å². The van der Waals surface area contributed by atoms with Crippen molar-refractivity contribution in [3.63, 3.8) is 0 Å². The number of aromatic nitrogens is 1. The lowest BCUT2D eigenvalue weighted by molar-refractivity contribution is -0.214. The Morgan fingerprint density at radius 3 is 1.69 bits per heavy atom. The number of rotatable bonds is 7. The summed E-state index contributed by atoms with van der Waals surface area (Å²) in [5, 5.41) is 85.1. The molecule has 0 radical (unpaired) electrons. The number of nitrogens with zero attached hydrogens (tertiary/aromatic N) is 2. The Hall–Kier alpha value is -3.65. The fourth-order valence-corrected chi connectivity index (χ4v) is 6.55. The van der Waals surface area contributed by atoms with Gasteiger partial charge in [-0.2, -0.15) is 0 Å². The van der Waals surface area contributed by atoms with Gasteiger partial charge in [-0.3, -0.25) is 9.69 Å². The number of ether oxygens (including phenoxy) is 3. The van der Waals surface area contributed by atoms with Crippen LogP contribution in [0.3, 0.4) is 0 Å². The van der Waals surface area contributed by atoms with Gasteiger partial charge in [0.1, 0.15) is 67.6 Å². The van der Waals surface area contributed by atoms with Crippen molar-refractivity contribution in [2.24, 2.45) is 0 Å². The smallest absolute Gasteiger partial charge is 0.240 e. The van der Waals surface area contributed by atoms with E-state index in [4.69, 9.17) is 14.2 Å². The molecule has 3 aliphatic rings. The molecule has 0 bridgehead atoms. The summed E-state index contributed by atoms with van der Waals surface area (Å²) in [5.41, 5.74) is 2.37. The third-order valence-electron chi connectivity index (χ3n) is 9.52. The van der Waals surface area contributed by atoms with Gasteiger partial charge in [-0.05, 0) is 24.3 Å². The Morgan fingerprint density at radius 1 is 0.725 bits per heavy atom. The Bertz CT molecular complexity index is 1710. The average molecular weight is 710 g/mol. The van der Waals surface area contributed by atoms with Crippen LogP contribution in [0.5, 0.6) is 0 Å². The van der Waals surface area contributed by atoms with Crippen LogP contribution in [0.1, 0.15) is 11.1 Å². The van der Waals surface area contributed by atoms with Crippen molar-refractivity contribution in [1.82, 2.24) is 14.8 Å². The van der Waals surface area contributed by atoms with Gasteiger partial charge in [0.25, 0.3) is 0 Å². The second-order valence-electron chi connectivity index (χ2n) is 12.9. The number of amides is 1. The number of morpholine rings is 1. The molecule has 3 aliphatic heterocycles. The summed E-state index contributed by atoms with van der Waals surface area (Å²) in [4.78, 5) is 15.5. The topological polar surface area (TPSA) is 227 Å². The first-order valence-corrected chi connectivity index (χ1v) is 16.9. The highest BCUT2D eigenvalue weighted by Gasteiger charge is 2.43. The van der Waals surface area contributed by atoms with Crippen molar-refractivity contribution in [2.45, 2.75) is 67.6 Å². The van der Waals surface area contributed by atoms with Crippen LogP contribution < -0.4 is 5.32 Å². The summed E-state index contributed by atoms with van der Waals surface area (Å²) in [6, 6.07) is 10.8. The molecule has 10 unspecified atom stereocenters. The fourth-order valence-electron chi connectivity index (χ4n) is 6.55. The minimum Gasteiger partial charge on any atom is -0.394 e. The molecular formula is C36H43N3O12. The van der Waals surface area contributed by atoms with E-state index in [0.29, 0.717) is 48.5 Å². The molecule has 0 saturated carbocycles. The van der Waals surface area contributed by atoms with E-state index in [1.807, 2.05) is 16.7 Å². The zero-order valence-electron chi connectivity index (χ0n) is 27.7. The van der Waals surface area contributed by atoms with E-state index in [1.165, 1.54) is 0 Å². The Balaban J connectivity index is 1.31. The minimum atomic E-state index is -1.56. The van der Waals surface area contributed by atoms with Crippen LogP contribution in [-0.2, 0) is 25.5 Å². The van der Waals surface area contributed by atoms with E-state index in [-0.39, 0.29) is 12.5 Å². The van der Waals surface area contributed by atoms with Crippen LogP contribution in [0, 0.1) is 23.7 Å². The Labute approximate surface area is 293 Å². The first-order chi connectivity index (χ1) is 24.6. The number of carbonyl (C=O) groups excluding carboxylic acids is 1. The molecule has 1 amide bonds. The molecule has 9 N–H and O–H groups in total. The average Bonchev–Trinajstić information content (AvgIpc) is 3.44. The number of fused-ring (bicyclic) bond motifs is 3. The predicted octanol–water partition coefficient (Wildman–Crippen LogP) is -3.37. The molecule has 0 aliphatic carbocycles. The predicted molar refractivity (Wildman–Crippen MR) is 181 cm³/mol. The molecule has 10 atom stereocenters. The molecule has 15 nitrogen and oxygen atoms in total. The summed E-state index contributed by atoms with van der Waals surface area (Å²) < 4.78 is 18.3. The van der Waals surface area contributed by atoms with E-state index in [9.17, 15) is 45.6 Å². The molecule has 15 heteroatoms. The van der Waals surface area contributed by atoms with E-state index < -0.39 is 74.3 Å². The van der Waals surface area contributed by atoms with E-state index in [2.05, 4.69) is 33.9 Å². The lowest BCUT2D eigenvalue weighted by atomic mass is 9.95. The highest BCUT2D eigenvalue weighted by molar-refractivity contribution is 6.09. The summed E-state index contributed by atoms with van der Waals surface area (Å²) in [7, 11) is 0. The van der Waals surface area contributed by atoms with Gasteiger partial charge in [0.15, 0.2) is 0 Å². The molecular weight excluding hydrogens is 666 g/mol. The number of aliphatic hydroxyl groups excluding tert-OH is 8. The van der Waals surface area contributed by atoms with Crippen molar-refractivity contribution >= 4 is 27.7 Å². The number of aliphatic hydroxyl groups is 8. The van der Waals surface area contributed by atoms with Crippen molar-refractivity contribution in [3.05, 3.63) is 47.5 Å². The highest BCUT2D eigenvalue weighted by atomic mass is 16.6. The SMILES string of the molecule is O=C(Cn1c2cc(C#CC3OC(CO)C(O)C(O)C3O)ccc2c2ccc(C#CC3OC(CO)C(O)C(O)C3O)cc21)NCCN1CCOCC1. The maximum absolute atomic E-state index is 13.3. The van der Waals surface area contributed by atoms with E-state index in [0.717, 1.165) is 23.9 Å². The molecule has 3 fully saturated rings. The standard InChI is InChI=1S/C36H43N3O12/c40-18-28-33(45)35(47)31(43)26(50-28)7-3-20-1-5-22-23-6-2-21(4-8-27-32(44)36(48)34(46)29(19-41)51-27)16-25(23)39(24(22)15-20)17-30(42)37-9-10-38-11-13-49-14-12-38/h1-2,5-6,15-16,26-29,31-36,40-41,43-48H,9-14,17-19H2,(H,37,42). The van der Waals surface area contributed by atoms with Crippen LogP contribution in [0.15, 0.2) is 36.4 Å². The van der Waals surface area contributed by atoms with Crippen molar-refractivity contribution < 1.29 is 59.9 Å². The van der Waals surface area contributed by atoms with Crippen LogP contribution >= 0.6 is 0 Å². The third kappa shape index (κ3) is 8.06. The quantitative estimate of drug-likeness (QED) is 0.109. The lowest BCUT2D eigenvalue weighted by Gasteiger charge is -2.37. The molecule has 1 aromatic heterocycles. The molecule has 2 aromatic carbocycles. The molecule has 274 valence electrons. The van der Waals surface area contributed by atoms with Crippen LogP contribution in [0.4, 0.5) is 0 Å². The molecule has 3 aromatic rings. The van der Waals surface area contributed by atoms with Gasteiger partial charge < -0.3 is 64.9 Å². The molecule has 6 rings (SSSR count). The lowest BCUT2D eigenvalue weighted by Crippen LogP contribution is -2.58.